The third kappa shape index (κ3) is 2.00. The fourth-order valence-corrected chi connectivity index (χ4v) is 5.03. The number of nitrogens with one attached hydrogen (secondary N) is 1. The highest BCUT2D eigenvalue weighted by Crippen LogP contribution is 2.36. The molecule has 4 rings (SSSR count). The molecule has 0 spiro atoms. The Morgan fingerprint density at radius 1 is 1.10 bits per heavy atom. The van der Waals surface area contributed by atoms with Crippen molar-refractivity contribution < 1.29 is 4.74 Å². The Hall–Kier alpha value is -1.20. The normalized spacial score (nSPS) is 15.7. The molecule has 0 aliphatic carbocycles. The molecule has 102 valence electrons. The summed E-state index contributed by atoms with van der Waals surface area (Å²) in [5.74, 6) is 0. The molecule has 0 bridgehead atoms. The van der Waals surface area contributed by atoms with E-state index in [1.165, 1.54) is 31.0 Å². The van der Waals surface area contributed by atoms with Crippen LogP contribution in [0.4, 0.5) is 0 Å². The lowest BCUT2D eigenvalue weighted by atomic mass is 10.0. The number of fused-ring (bicyclic) bond motifs is 2. The molecular weight excluding hydrogens is 286 g/mol. The molecule has 20 heavy (non-hydrogen) atoms. The van der Waals surface area contributed by atoms with Crippen molar-refractivity contribution in [3.8, 4) is 0 Å². The second kappa shape index (κ2) is 4.97. The minimum atomic E-state index is 0.269. The second-order valence-electron chi connectivity index (χ2n) is 5.04. The van der Waals surface area contributed by atoms with Crippen molar-refractivity contribution in [2.24, 2.45) is 0 Å². The predicted molar refractivity (Wildman–Crippen MR) is 85.5 cm³/mol. The predicted octanol–water partition coefficient (Wildman–Crippen LogP) is 4.30. The molecule has 0 saturated carbocycles. The molecule has 1 aromatic carbocycles. The minimum Gasteiger partial charge on any atom is -0.372 e. The van der Waals surface area contributed by atoms with Crippen LogP contribution in [-0.4, -0.2) is 7.05 Å². The summed E-state index contributed by atoms with van der Waals surface area (Å²) in [6, 6.07) is 11.5. The van der Waals surface area contributed by atoms with E-state index in [9.17, 15) is 0 Å². The van der Waals surface area contributed by atoms with Gasteiger partial charge in [0.05, 0.1) is 19.3 Å². The van der Waals surface area contributed by atoms with Crippen molar-refractivity contribution >= 4 is 32.1 Å². The molecule has 2 aromatic heterocycles. The van der Waals surface area contributed by atoms with Crippen LogP contribution in [0.3, 0.4) is 0 Å². The lowest BCUT2D eigenvalue weighted by Crippen LogP contribution is -2.16. The molecule has 0 saturated heterocycles. The van der Waals surface area contributed by atoms with E-state index in [2.05, 4.69) is 41.0 Å². The van der Waals surface area contributed by atoms with E-state index in [1.807, 2.05) is 29.7 Å². The van der Waals surface area contributed by atoms with E-state index in [4.69, 9.17) is 4.74 Å². The highest BCUT2D eigenvalue weighted by Gasteiger charge is 2.18. The molecule has 1 atom stereocenters. The van der Waals surface area contributed by atoms with Gasteiger partial charge in [-0.05, 0) is 41.3 Å². The second-order valence-corrected chi connectivity index (χ2v) is 7.10. The van der Waals surface area contributed by atoms with Gasteiger partial charge < -0.3 is 10.1 Å². The molecule has 1 aliphatic heterocycles. The number of benzene rings is 1. The molecule has 1 N–H and O–H groups in total. The largest absolute Gasteiger partial charge is 0.372 e. The van der Waals surface area contributed by atoms with Gasteiger partial charge in [0, 0.05) is 14.3 Å². The van der Waals surface area contributed by atoms with Gasteiger partial charge in [-0.15, -0.1) is 22.7 Å². The number of hydrogen-bond donors (Lipinski definition) is 1. The highest BCUT2D eigenvalue weighted by molar-refractivity contribution is 7.27. The molecule has 3 heterocycles. The number of hydrogen-bond acceptors (Lipinski definition) is 4. The van der Waals surface area contributed by atoms with Crippen LogP contribution in [0.5, 0.6) is 0 Å². The Labute approximate surface area is 126 Å². The maximum atomic E-state index is 5.51. The Bertz CT molecular complexity index is 730. The molecule has 1 aliphatic rings. The monoisotopic (exact) mass is 301 g/mol. The van der Waals surface area contributed by atoms with Gasteiger partial charge in [0.1, 0.15) is 0 Å². The SMILES string of the molecule is CNC(c1ccc2c(c1)COC2)c1cc2sccc2s1. The zero-order valence-electron chi connectivity index (χ0n) is 11.2. The summed E-state index contributed by atoms with van der Waals surface area (Å²) in [5.41, 5.74) is 3.99. The first-order valence-corrected chi connectivity index (χ1v) is 8.38. The summed E-state index contributed by atoms with van der Waals surface area (Å²) in [4.78, 5) is 1.38. The van der Waals surface area contributed by atoms with Gasteiger partial charge in [0.25, 0.3) is 0 Å². The molecular formula is C16H15NOS2. The van der Waals surface area contributed by atoms with Crippen molar-refractivity contribution in [3.63, 3.8) is 0 Å². The van der Waals surface area contributed by atoms with Crippen molar-refractivity contribution in [2.75, 3.05) is 7.05 Å². The lowest BCUT2D eigenvalue weighted by Gasteiger charge is -2.16. The first kappa shape index (κ1) is 12.5. The van der Waals surface area contributed by atoms with Gasteiger partial charge in [-0.3, -0.25) is 0 Å². The van der Waals surface area contributed by atoms with Gasteiger partial charge in [-0.1, -0.05) is 18.2 Å². The topological polar surface area (TPSA) is 21.3 Å². The maximum Gasteiger partial charge on any atom is 0.0725 e. The zero-order valence-corrected chi connectivity index (χ0v) is 12.8. The third-order valence-electron chi connectivity index (χ3n) is 3.81. The summed E-state index contributed by atoms with van der Waals surface area (Å²) in [6.45, 7) is 1.51. The van der Waals surface area contributed by atoms with Crippen molar-refractivity contribution in [3.05, 3.63) is 57.3 Å². The Morgan fingerprint density at radius 2 is 2.00 bits per heavy atom. The zero-order chi connectivity index (χ0) is 13.5. The highest BCUT2D eigenvalue weighted by atomic mass is 32.1. The van der Waals surface area contributed by atoms with Gasteiger partial charge in [-0.25, -0.2) is 0 Å². The number of rotatable bonds is 3. The van der Waals surface area contributed by atoms with E-state index in [1.54, 1.807) is 0 Å². The Kier molecular flexibility index (Phi) is 3.11. The molecule has 1 unspecified atom stereocenters. The summed E-state index contributed by atoms with van der Waals surface area (Å²) in [6.07, 6.45) is 0. The maximum absolute atomic E-state index is 5.51. The number of thiophene rings is 2. The van der Waals surface area contributed by atoms with Gasteiger partial charge in [-0.2, -0.15) is 0 Å². The van der Waals surface area contributed by atoms with Crippen LogP contribution in [0.25, 0.3) is 9.40 Å². The van der Waals surface area contributed by atoms with Crippen LogP contribution in [0, 0.1) is 0 Å². The van der Waals surface area contributed by atoms with Crippen molar-refractivity contribution in [1.29, 1.82) is 0 Å². The van der Waals surface area contributed by atoms with Gasteiger partial charge in [0.2, 0.25) is 0 Å². The van der Waals surface area contributed by atoms with Gasteiger partial charge >= 0.3 is 0 Å². The molecule has 4 heteroatoms. The fraction of sp³-hybridized carbons (Fsp3) is 0.250. The van der Waals surface area contributed by atoms with Gasteiger partial charge in [0.15, 0.2) is 0 Å². The van der Waals surface area contributed by atoms with Crippen LogP contribution in [-0.2, 0) is 18.0 Å². The van der Waals surface area contributed by atoms with Crippen LogP contribution in [0.15, 0.2) is 35.7 Å². The van der Waals surface area contributed by atoms with Crippen molar-refractivity contribution in [2.45, 2.75) is 19.3 Å². The lowest BCUT2D eigenvalue weighted by molar-refractivity contribution is 0.134. The van der Waals surface area contributed by atoms with Crippen LogP contribution in [0.1, 0.15) is 27.6 Å². The van der Waals surface area contributed by atoms with Crippen molar-refractivity contribution in [1.82, 2.24) is 5.32 Å². The first-order chi connectivity index (χ1) is 9.85. The van der Waals surface area contributed by atoms with E-state index in [0.29, 0.717) is 0 Å². The standard InChI is InChI=1S/C16H15NOS2/c1-17-16(15-7-14-13(20-15)4-5-19-14)10-2-3-11-8-18-9-12(11)6-10/h2-7,16-17H,8-9H2,1H3. The van der Waals surface area contributed by atoms with E-state index in [-0.39, 0.29) is 6.04 Å². The summed E-state index contributed by atoms with van der Waals surface area (Å²) in [5, 5.41) is 5.61. The average molecular weight is 301 g/mol. The molecule has 3 aromatic rings. The van der Waals surface area contributed by atoms with Crippen LogP contribution in [0.2, 0.25) is 0 Å². The Morgan fingerprint density at radius 3 is 2.85 bits per heavy atom. The molecule has 2 nitrogen and oxygen atoms in total. The summed E-state index contributed by atoms with van der Waals surface area (Å²) in [7, 11) is 2.03. The number of ether oxygens (including phenoxy) is 1. The fourth-order valence-electron chi connectivity index (χ4n) is 2.77. The third-order valence-corrected chi connectivity index (χ3v) is 5.97. The van der Waals surface area contributed by atoms with E-state index < -0.39 is 0 Å². The quantitative estimate of drug-likeness (QED) is 0.778. The van der Waals surface area contributed by atoms with E-state index in [0.717, 1.165) is 13.2 Å². The van der Waals surface area contributed by atoms with Crippen LogP contribution < -0.4 is 5.32 Å². The Balaban J connectivity index is 1.75. The first-order valence-electron chi connectivity index (χ1n) is 6.69. The molecule has 0 radical (unpaired) electrons. The van der Waals surface area contributed by atoms with E-state index >= 15 is 0 Å². The average Bonchev–Trinajstić information content (AvgIpc) is 3.13. The summed E-state index contributed by atoms with van der Waals surface area (Å²) < 4.78 is 8.28. The molecule has 0 fully saturated rings. The smallest absolute Gasteiger partial charge is 0.0725 e. The summed E-state index contributed by atoms with van der Waals surface area (Å²) >= 11 is 3.70. The van der Waals surface area contributed by atoms with Crippen LogP contribution >= 0.6 is 22.7 Å². The molecule has 0 amide bonds. The minimum absolute atomic E-state index is 0.269.